The third kappa shape index (κ3) is 7.10. The van der Waals surface area contributed by atoms with Gasteiger partial charge in [0, 0.05) is 0 Å². The molecule has 1 aromatic carbocycles. The van der Waals surface area contributed by atoms with Crippen molar-refractivity contribution >= 4 is 11.9 Å². The fourth-order valence-corrected chi connectivity index (χ4v) is 0.742. The van der Waals surface area contributed by atoms with Gasteiger partial charge in [0.2, 0.25) is 0 Å². The normalized spacial score (nSPS) is 7.47. The Morgan fingerprint density at radius 2 is 1.07 bits per heavy atom. The van der Waals surface area contributed by atoms with Crippen LogP contribution in [0.4, 0.5) is 0 Å². The molecular weight excluding hydrogens is 407 g/mol. The minimum Gasteiger partial charge on any atom is -1.00 e. The first-order chi connectivity index (χ1) is 5.61. The smallest absolute Gasteiger partial charge is 1.00 e. The molecule has 1 aromatic rings. The zero-order chi connectivity index (χ0) is 9.14. The van der Waals surface area contributed by atoms with Gasteiger partial charge in [0.05, 0.1) is 11.9 Å². The standard InChI is InChI=1S/C8H6O4.Hg.2Na.2H/c9-7(10)5-1-2-6(4-3-5)8(11)12;;;;;/h1-4H,(H,9,10)(H,11,12);;;;;/q;+2;2*+1;2*-1/p-2. The Bertz CT molecular complexity index is 302. The minimum atomic E-state index is -1.33. The van der Waals surface area contributed by atoms with Crippen molar-refractivity contribution in [2.24, 2.45) is 0 Å². The molecule has 0 bridgehead atoms. The predicted molar refractivity (Wildman–Crippen MR) is 37.3 cm³/mol. The zero-order valence-corrected chi connectivity index (χ0v) is 18.1. The topological polar surface area (TPSA) is 80.3 Å². The Kier molecular flexibility index (Phi) is 14.6. The molecule has 0 atom stereocenters. The zero-order valence-electron chi connectivity index (χ0n) is 10.6. The van der Waals surface area contributed by atoms with Crippen molar-refractivity contribution in [3.8, 4) is 0 Å². The molecule has 0 fully saturated rings. The molecule has 0 aliphatic carbocycles. The number of carboxylic acids is 2. The van der Waals surface area contributed by atoms with Crippen LogP contribution in [0.5, 0.6) is 0 Å². The van der Waals surface area contributed by atoms with Gasteiger partial charge in [-0.3, -0.25) is 0 Å². The van der Waals surface area contributed by atoms with Gasteiger partial charge in [-0.1, -0.05) is 24.3 Å². The molecule has 0 radical (unpaired) electrons. The molecular formula is C8H6HgNa2O4. The number of hydrogen-bond donors (Lipinski definition) is 0. The summed E-state index contributed by atoms with van der Waals surface area (Å²) in [6.07, 6.45) is 0. The Balaban J connectivity index is -0.0000000960. The number of hydrogen-bond acceptors (Lipinski definition) is 4. The molecule has 4 nitrogen and oxygen atoms in total. The van der Waals surface area contributed by atoms with E-state index in [1.54, 1.807) is 0 Å². The number of carboxylic acid groups (broad SMARTS) is 2. The van der Waals surface area contributed by atoms with Gasteiger partial charge in [0.15, 0.2) is 0 Å². The maximum absolute atomic E-state index is 10.2. The second-order valence-electron chi connectivity index (χ2n) is 2.15. The summed E-state index contributed by atoms with van der Waals surface area (Å²) < 4.78 is 0. The van der Waals surface area contributed by atoms with Crippen LogP contribution in [0.15, 0.2) is 24.3 Å². The van der Waals surface area contributed by atoms with E-state index in [-0.39, 0.29) is 101 Å². The van der Waals surface area contributed by atoms with Gasteiger partial charge in [-0.2, -0.15) is 0 Å². The molecule has 15 heavy (non-hydrogen) atoms. The van der Waals surface area contributed by atoms with Crippen molar-refractivity contribution < 1.29 is 109 Å². The van der Waals surface area contributed by atoms with Crippen LogP contribution < -0.4 is 69.3 Å². The summed E-state index contributed by atoms with van der Waals surface area (Å²) in [7, 11) is 0. The summed E-state index contributed by atoms with van der Waals surface area (Å²) >= 11 is 0. The van der Waals surface area contributed by atoms with E-state index in [0.717, 1.165) is 24.3 Å². The van der Waals surface area contributed by atoms with E-state index in [2.05, 4.69) is 0 Å². The number of benzene rings is 1. The summed E-state index contributed by atoms with van der Waals surface area (Å²) in [5.74, 6) is -2.67. The van der Waals surface area contributed by atoms with Crippen LogP contribution in [0.3, 0.4) is 0 Å². The molecule has 0 saturated carbocycles. The van der Waals surface area contributed by atoms with Crippen molar-refractivity contribution in [2.45, 2.75) is 0 Å². The molecule has 0 aliphatic heterocycles. The van der Waals surface area contributed by atoms with Crippen molar-refractivity contribution in [1.29, 1.82) is 0 Å². The van der Waals surface area contributed by atoms with Crippen LogP contribution in [0.25, 0.3) is 0 Å². The quantitative estimate of drug-likeness (QED) is 0.452. The molecule has 66 valence electrons. The van der Waals surface area contributed by atoms with E-state index in [0.29, 0.717) is 0 Å². The van der Waals surface area contributed by atoms with E-state index < -0.39 is 11.9 Å². The Hall–Kier alpha value is 1.10. The number of carbonyl (C=O) groups excluding carboxylic acids is 2. The maximum Gasteiger partial charge on any atom is 2.00 e. The monoisotopic (exact) mass is 414 g/mol. The van der Waals surface area contributed by atoms with Crippen LogP contribution in [-0.2, 0) is 27.7 Å². The van der Waals surface area contributed by atoms with Crippen LogP contribution >= 0.6 is 0 Å². The number of rotatable bonds is 2. The van der Waals surface area contributed by atoms with Gasteiger partial charge in [0.25, 0.3) is 0 Å². The van der Waals surface area contributed by atoms with Gasteiger partial charge >= 0.3 is 86.8 Å². The molecule has 0 aliphatic rings. The summed E-state index contributed by atoms with van der Waals surface area (Å²) in [5.41, 5.74) is -0.111. The average Bonchev–Trinajstić information content (AvgIpc) is 2.04. The molecule has 1 rings (SSSR count). The average molecular weight is 413 g/mol. The molecule has 0 unspecified atom stereocenters. The Morgan fingerprint density at radius 1 is 0.867 bits per heavy atom. The molecule has 0 amide bonds. The first-order valence-electron chi connectivity index (χ1n) is 3.14. The summed E-state index contributed by atoms with van der Waals surface area (Å²) in [6.45, 7) is 0. The van der Waals surface area contributed by atoms with E-state index >= 15 is 0 Å². The van der Waals surface area contributed by atoms with Crippen molar-refractivity contribution in [3.05, 3.63) is 35.4 Å². The van der Waals surface area contributed by atoms with Crippen LogP contribution in [0.2, 0.25) is 0 Å². The molecule has 0 saturated heterocycles. The van der Waals surface area contributed by atoms with Crippen molar-refractivity contribution in [3.63, 3.8) is 0 Å². The Morgan fingerprint density at radius 3 is 1.20 bits per heavy atom. The predicted octanol–water partition coefficient (Wildman–Crippen LogP) is -7.36. The van der Waals surface area contributed by atoms with E-state index in [4.69, 9.17) is 0 Å². The second kappa shape index (κ2) is 10.3. The van der Waals surface area contributed by atoms with E-state index in [1.165, 1.54) is 0 Å². The first kappa shape index (κ1) is 21.4. The fraction of sp³-hybridized carbons (Fsp3) is 0. The fourth-order valence-electron chi connectivity index (χ4n) is 0.742. The van der Waals surface area contributed by atoms with Crippen LogP contribution in [0.1, 0.15) is 23.6 Å². The summed E-state index contributed by atoms with van der Waals surface area (Å²) in [4.78, 5) is 20.4. The largest absolute Gasteiger partial charge is 2.00 e. The van der Waals surface area contributed by atoms with Gasteiger partial charge in [0.1, 0.15) is 0 Å². The van der Waals surface area contributed by atoms with Gasteiger partial charge < -0.3 is 22.7 Å². The third-order valence-electron chi connectivity index (χ3n) is 1.36. The second-order valence-corrected chi connectivity index (χ2v) is 2.15. The van der Waals surface area contributed by atoms with Gasteiger partial charge in [-0.25, -0.2) is 0 Å². The first-order valence-corrected chi connectivity index (χ1v) is 3.14. The van der Waals surface area contributed by atoms with Crippen molar-refractivity contribution in [1.82, 2.24) is 0 Å². The third-order valence-corrected chi connectivity index (χ3v) is 1.36. The minimum absolute atomic E-state index is 0. The molecule has 0 aromatic heterocycles. The molecule has 0 N–H and O–H groups in total. The van der Waals surface area contributed by atoms with Crippen LogP contribution in [0, 0.1) is 0 Å². The SMILES string of the molecule is O=C([O-])c1ccc(C(=O)[O-])cc1.[H-].[H-].[Hg+2].[Na+].[Na+]. The molecule has 0 spiro atoms. The summed E-state index contributed by atoms with van der Waals surface area (Å²) in [5, 5.41) is 20.4. The van der Waals surface area contributed by atoms with Gasteiger partial charge in [-0.15, -0.1) is 0 Å². The molecule has 0 heterocycles. The van der Waals surface area contributed by atoms with Crippen molar-refractivity contribution in [2.75, 3.05) is 0 Å². The van der Waals surface area contributed by atoms with Gasteiger partial charge in [-0.05, 0) is 11.1 Å². The number of carbonyl (C=O) groups is 2. The van der Waals surface area contributed by atoms with E-state index in [9.17, 15) is 19.8 Å². The van der Waals surface area contributed by atoms with Crippen LogP contribution in [-0.4, -0.2) is 11.9 Å². The maximum atomic E-state index is 10.2. The number of aromatic carboxylic acids is 2. The van der Waals surface area contributed by atoms with E-state index in [1.807, 2.05) is 0 Å². The summed E-state index contributed by atoms with van der Waals surface area (Å²) in [6, 6.07) is 4.61. The Labute approximate surface area is 155 Å². The molecule has 7 heteroatoms.